The van der Waals surface area contributed by atoms with Gasteiger partial charge in [0.15, 0.2) is 12.5 Å². The van der Waals surface area contributed by atoms with Gasteiger partial charge in [0.25, 0.3) is 0 Å². The Hall–Kier alpha value is -3.55. The molecular weight excluding hydrogens is 480 g/mol. The standard InChI is InChI=1S/C31H40N2O5/c1-3-4-5-6-12-21-33(24-26-17-19-27(20-18-26)37-25-36-23-22-35-2)31(34)32-29-15-10-11-16-30(29)38-28-13-8-7-9-14-28/h7-11,13-20H,3-6,12,21-25H2,1-2H3,(H,32,34). The largest absolute Gasteiger partial charge is 0.468 e. The SMILES string of the molecule is CCCCCCCN(Cc1ccc(OCOCCOC)cc1)C(=O)Nc1ccccc1Oc1ccccc1. The Morgan fingerprint density at radius 3 is 2.32 bits per heavy atom. The highest BCUT2D eigenvalue weighted by Gasteiger charge is 2.16. The number of hydrogen-bond acceptors (Lipinski definition) is 5. The Bertz CT molecular complexity index is 1060. The van der Waals surface area contributed by atoms with Crippen LogP contribution in [0.5, 0.6) is 17.2 Å². The minimum Gasteiger partial charge on any atom is -0.468 e. The van der Waals surface area contributed by atoms with Crippen LogP contribution in [-0.4, -0.2) is 44.6 Å². The first-order valence-corrected chi connectivity index (χ1v) is 13.4. The second-order valence-corrected chi connectivity index (χ2v) is 8.98. The Morgan fingerprint density at radius 2 is 1.55 bits per heavy atom. The number of unbranched alkanes of at least 4 members (excludes halogenated alkanes) is 4. The summed E-state index contributed by atoms with van der Waals surface area (Å²) in [6.07, 6.45) is 5.64. The van der Waals surface area contributed by atoms with Gasteiger partial charge in [-0.3, -0.25) is 0 Å². The summed E-state index contributed by atoms with van der Waals surface area (Å²) in [6.45, 7) is 4.54. The minimum atomic E-state index is -0.156. The second kappa shape index (κ2) is 17.1. The highest BCUT2D eigenvalue weighted by molar-refractivity contribution is 5.91. The van der Waals surface area contributed by atoms with E-state index in [1.54, 1.807) is 7.11 Å². The number of carbonyl (C=O) groups is 1. The monoisotopic (exact) mass is 520 g/mol. The Labute approximate surface area is 226 Å². The van der Waals surface area contributed by atoms with Crippen LogP contribution in [0.3, 0.4) is 0 Å². The molecule has 0 aliphatic rings. The van der Waals surface area contributed by atoms with Crippen molar-refractivity contribution in [1.82, 2.24) is 4.90 Å². The van der Waals surface area contributed by atoms with Gasteiger partial charge in [-0.15, -0.1) is 0 Å². The van der Waals surface area contributed by atoms with Crippen LogP contribution in [0.15, 0.2) is 78.9 Å². The summed E-state index contributed by atoms with van der Waals surface area (Å²) in [7, 11) is 1.63. The van der Waals surface area contributed by atoms with Crippen molar-refractivity contribution in [1.29, 1.82) is 0 Å². The van der Waals surface area contributed by atoms with Crippen molar-refractivity contribution < 1.29 is 23.7 Å². The number of urea groups is 1. The van der Waals surface area contributed by atoms with Crippen LogP contribution in [0, 0.1) is 0 Å². The van der Waals surface area contributed by atoms with Crippen molar-refractivity contribution in [2.75, 3.05) is 39.0 Å². The van der Waals surface area contributed by atoms with Crippen molar-refractivity contribution in [2.45, 2.75) is 45.6 Å². The van der Waals surface area contributed by atoms with E-state index in [9.17, 15) is 4.79 Å². The predicted octanol–water partition coefficient (Wildman–Crippen LogP) is 7.48. The summed E-state index contributed by atoms with van der Waals surface area (Å²) in [4.78, 5) is 15.3. The van der Waals surface area contributed by atoms with E-state index in [0.717, 1.165) is 18.4 Å². The molecule has 0 heterocycles. The molecule has 0 unspecified atom stereocenters. The fourth-order valence-electron chi connectivity index (χ4n) is 3.85. The zero-order valence-electron chi connectivity index (χ0n) is 22.6. The first kappa shape index (κ1) is 29.0. The van der Waals surface area contributed by atoms with Gasteiger partial charge in [-0.1, -0.05) is 75.1 Å². The third kappa shape index (κ3) is 10.4. The molecule has 0 aliphatic heterocycles. The van der Waals surface area contributed by atoms with E-state index in [-0.39, 0.29) is 12.8 Å². The molecule has 3 aromatic rings. The minimum absolute atomic E-state index is 0.156. The molecule has 204 valence electrons. The lowest BCUT2D eigenvalue weighted by Crippen LogP contribution is -2.35. The number of benzene rings is 3. The molecule has 0 radical (unpaired) electrons. The molecule has 38 heavy (non-hydrogen) atoms. The molecule has 0 saturated carbocycles. The summed E-state index contributed by atoms with van der Waals surface area (Å²) < 4.78 is 22.0. The molecule has 2 amide bonds. The van der Waals surface area contributed by atoms with Gasteiger partial charge in [0.1, 0.15) is 11.5 Å². The molecule has 0 aliphatic carbocycles. The highest BCUT2D eigenvalue weighted by atomic mass is 16.7. The number of nitrogens with zero attached hydrogens (tertiary/aromatic N) is 1. The number of hydrogen-bond donors (Lipinski definition) is 1. The maximum absolute atomic E-state index is 13.4. The van der Waals surface area contributed by atoms with Crippen LogP contribution in [0.1, 0.15) is 44.6 Å². The van der Waals surface area contributed by atoms with Gasteiger partial charge < -0.3 is 29.2 Å². The lowest BCUT2D eigenvalue weighted by molar-refractivity contribution is -0.00847. The zero-order valence-corrected chi connectivity index (χ0v) is 22.6. The van der Waals surface area contributed by atoms with Gasteiger partial charge >= 0.3 is 6.03 Å². The average molecular weight is 521 g/mol. The van der Waals surface area contributed by atoms with Crippen LogP contribution in [0.25, 0.3) is 0 Å². The number of nitrogens with one attached hydrogen (secondary N) is 1. The predicted molar refractivity (Wildman–Crippen MR) is 151 cm³/mol. The van der Waals surface area contributed by atoms with E-state index >= 15 is 0 Å². The fourth-order valence-corrected chi connectivity index (χ4v) is 3.85. The van der Waals surface area contributed by atoms with Gasteiger partial charge in [-0.2, -0.15) is 0 Å². The van der Waals surface area contributed by atoms with Gasteiger partial charge in [-0.25, -0.2) is 4.79 Å². The van der Waals surface area contributed by atoms with Crippen molar-refractivity contribution in [3.8, 4) is 17.2 Å². The number of amides is 2. The summed E-state index contributed by atoms with van der Waals surface area (Å²) in [5.74, 6) is 2.03. The summed E-state index contributed by atoms with van der Waals surface area (Å²) in [5.41, 5.74) is 1.66. The van der Waals surface area contributed by atoms with Gasteiger partial charge in [0, 0.05) is 20.2 Å². The topological polar surface area (TPSA) is 69.3 Å². The Balaban J connectivity index is 1.63. The number of carbonyl (C=O) groups excluding carboxylic acids is 1. The van der Waals surface area contributed by atoms with Crippen molar-refractivity contribution in [2.24, 2.45) is 0 Å². The van der Waals surface area contributed by atoms with E-state index in [0.29, 0.717) is 49.2 Å². The normalized spacial score (nSPS) is 10.7. The van der Waals surface area contributed by atoms with Crippen LogP contribution in [-0.2, 0) is 16.0 Å². The van der Waals surface area contributed by atoms with Crippen molar-refractivity contribution in [3.05, 3.63) is 84.4 Å². The van der Waals surface area contributed by atoms with E-state index in [1.807, 2.05) is 83.8 Å². The molecule has 0 atom stereocenters. The van der Waals surface area contributed by atoms with Crippen molar-refractivity contribution in [3.63, 3.8) is 0 Å². The lowest BCUT2D eigenvalue weighted by Gasteiger charge is -2.24. The van der Waals surface area contributed by atoms with Crippen LogP contribution in [0.4, 0.5) is 10.5 Å². The van der Waals surface area contributed by atoms with Gasteiger partial charge in [0.2, 0.25) is 0 Å². The lowest BCUT2D eigenvalue weighted by atomic mass is 10.1. The summed E-state index contributed by atoms with van der Waals surface area (Å²) >= 11 is 0. The summed E-state index contributed by atoms with van der Waals surface area (Å²) in [5, 5.41) is 3.07. The van der Waals surface area contributed by atoms with E-state index in [2.05, 4.69) is 12.2 Å². The van der Waals surface area contributed by atoms with Gasteiger partial charge in [-0.05, 0) is 48.4 Å². The average Bonchev–Trinajstić information content (AvgIpc) is 2.94. The Morgan fingerprint density at radius 1 is 0.816 bits per heavy atom. The number of para-hydroxylation sites is 3. The quantitative estimate of drug-likeness (QED) is 0.148. The third-order valence-electron chi connectivity index (χ3n) is 5.96. The molecule has 0 spiro atoms. The maximum Gasteiger partial charge on any atom is 0.322 e. The smallest absolute Gasteiger partial charge is 0.322 e. The highest BCUT2D eigenvalue weighted by Crippen LogP contribution is 2.29. The summed E-state index contributed by atoms with van der Waals surface area (Å²) in [6, 6.07) is 24.7. The number of ether oxygens (including phenoxy) is 4. The number of rotatable bonds is 17. The molecule has 0 fully saturated rings. The van der Waals surface area contributed by atoms with E-state index in [4.69, 9.17) is 18.9 Å². The van der Waals surface area contributed by atoms with Crippen LogP contribution < -0.4 is 14.8 Å². The van der Waals surface area contributed by atoms with Crippen LogP contribution in [0.2, 0.25) is 0 Å². The molecule has 1 N–H and O–H groups in total. The fraction of sp³-hybridized carbons (Fsp3) is 0.387. The molecule has 7 heteroatoms. The van der Waals surface area contributed by atoms with Crippen molar-refractivity contribution >= 4 is 11.7 Å². The maximum atomic E-state index is 13.4. The molecular formula is C31H40N2O5. The van der Waals surface area contributed by atoms with E-state index < -0.39 is 0 Å². The molecule has 3 aromatic carbocycles. The molecule has 3 rings (SSSR count). The number of methoxy groups -OCH3 is 1. The Kier molecular flexibility index (Phi) is 13.0. The van der Waals surface area contributed by atoms with E-state index in [1.165, 1.54) is 19.3 Å². The zero-order chi connectivity index (χ0) is 26.8. The van der Waals surface area contributed by atoms with Crippen LogP contribution >= 0.6 is 0 Å². The number of anilines is 1. The molecule has 0 bridgehead atoms. The molecule has 7 nitrogen and oxygen atoms in total. The first-order valence-electron chi connectivity index (χ1n) is 13.4. The third-order valence-corrected chi connectivity index (χ3v) is 5.96. The molecule has 0 saturated heterocycles. The molecule has 0 aromatic heterocycles. The second-order valence-electron chi connectivity index (χ2n) is 8.98. The van der Waals surface area contributed by atoms with Gasteiger partial charge in [0.05, 0.1) is 18.9 Å². The first-order chi connectivity index (χ1) is 18.7.